The van der Waals surface area contributed by atoms with Gasteiger partial charge < -0.3 is 19.5 Å². The summed E-state index contributed by atoms with van der Waals surface area (Å²) < 4.78 is 13.6. The highest BCUT2D eigenvalue weighted by molar-refractivity contribution is 9.10. The fourth-order valence-corrected chi connectivity index (χ4v) is 4.71. The largest absolute Gasteiger partial charge is 0.392 e. The van der Waals surface area contributed by atoms with Gasteiger partial charge in [0.2, 0.25) is 0 Å². The summed E-state index contributed by atoms with van der Waals surface area (Å²) in [4.78, 5) is 6.98. The molecule has 160 valence electrons. The molecule has 1 unspecified atom stereocenters. The number of aliphatic hydroxyl groups excluding tert-OH is 1. The second kappa shape index (κ2) is 8.97. The zero-order chi connectivity index (χ0) is 21.3. The lowest BCUT2D eigenvalue weighted by atomic mass is 10.1. The van der Waals surface area contributed by atoms with Gasteiger partial charge in [-0.05, 0) is 43.5 Å². The van der Waals surface area contributed by atoms with Crippen LogP contribution in [-0.4, -0.2) is 59.1 Å². The van der Waals surface area contributed by atoms with Crippen LogP contribution in [0.1, 0.15) is 29.3 Å². The number of halogens is 1. The first kappa shape index (κ1) is 21.2. The molecule has 4 rings (SSSR count). The maximum atomic E-state index is 9.95. The predicted molar refractivity (Wildman–Crippen MR) is 118 cm³/mol. The quantitative estimate of drug-likeness (QED) is 0.534. The first-order chi connectivity index (χ1) is 14.6. The number of anilines is 2. The fraction of sp³-hybridized carbons (Fsp3) is 0.476. The number of benzene rings is 1. The van der Waals surface area contributed by atoms with E-state index < -0.39 is 0 Å². The molecule has 2 aromatic heterocycles. The van der Waals surface area contributed by atoms with Gasteiger partial charge in [-0.15, -0.1) is 5.10 Å². The van der Waals surface area contributed by atoms with Crippen LogP contribution in [0.5, 0.6) is 0 Å². The van der Waals surface area contributed by atoms with Crippen LogP contribution in [-0.2, 0) is 22.5 Å². The zero-order valence-electron chi connectivity index (χ0n) is 17.4. The van der Waals surface area contributed by atoms with E-state index in [0.29, 0.717) is 13.2 Å². The van der Waals surface area contributed by atoms with E-state index in [1.807, 2.05) is 23.7 Å². The lowest BCUT2D eigenvalue weighted by Crippen LogP contribution is -2.19. The summed E-state index contributed by atoms with van der Waals surface area (Å²) in [7, 11) is 3.38. The van der Waals surface area contributed by atoms with Gasteiger partial charge in [-0.1, -0.05) is 21.1 Å². The van der Waals surface area contributed by atoms with Crippen molar-refractivity contribution in [3.8, 4) is 0 Å². The lowest BCUT2D eigenvalue weighted by Gasteiger charge is -2.22. The van der Waals surface area contributed by atoms with Crippen molar-refractivity contribution in [3.63, 3.8) is 0 Å². The molecular weight excluding hydrogens is 450 g/mol. The van der Waals surface area contributed by atoms with E-state index in [0.717, 1.165) is 57.7 Å². The van der Waals surface area contributed by atoms with Crippen molar-refractivity contribution >= 4 is 38.5 Å². The van der Waals surface area contributed by atoms with Gasteiger partial charge in [-0.3, -0.25) is 0 Å². The number of aryl methyl sites for hydroxylation is 1. The summed E-state index contributed by atoms with van der Waals surface area (Å²) in [5.74, 6) is 0.773. The second-order valence-electron chi connectivity index (χ2n) is 7.51. The number of aromatic nitrogens is 4. The van der Waals surface area contributed by atoms with Crippen molar-refractivity contribution in [2.24, 2.45) is 0 Å². The third kappa shape index (κ3) is 3.82. The molecule has 0 spiro atoms. The van der Waals surface area contributed by atoms with Crippen molar-refractivity contribution in [2.45, 2.75) is 32.4 Å². The third-order valence-corrected chi connectivity index (χ3v) is 5.92. The van der Waals surface area contributed by atoms with Gasteiger partial charge in [0.05, 0.1) is 30.5 Å². The maximum absolute atomic E-state index is 9.95. The highest BCUT2D eigenvalue weighted by atomic mass is 79.9. The lowest BCUT2D eigenvalue weighted by molar-refractivity contribution is 0.117. The predicted octanol–water partition coefficient (Wildman–Crippen LogP) is 3.31. The highest BCUT2D eigenvalue weighted by Crippen LogP contribution is 2.41. The molecule has 9 heteroatoms. The average molecular weight is 476 g/mol. The second-order valence-corrected chi connectivity index (χ2v) is 8.43. The van der Waals surface area contributed by atoms with Gasteiger partial charge >= 0.3 is 0 Å². The van der Waals surface area contributed by atoms with Gasteiger partial charge in [0.1, 0.15) is 0 Å². The van der Waals surface area contributed by atoms with Crippen LogP contribution in [0.25, 0.3) is 11.0 Å². The molecule has 0 radical (unpaired) electrons. The van der Waals surface area contributed by atoms with E-state index in [1.165, 1.54) is 5.56 Å². The zero-order valence-corrected chi connectivity index (χ0v) is 19.0. The third-order valence-electron chi connectivity index (χ3n) is 5.46. The average Bonchev–Trinajstić information content (AvgIpc) is 3.34. The normalized spacial score (nSPS) is 14.5. The van der Waals surface area contributed by atoms with Crippen LogP contribution < -0.4 is 4.90 Å². The highest BCUT2D eigenvalue weighted by Gasteiger charge is 2.28. The smallest absolute Gasteiger partial charge is 0.163 e. The van der Waals surface area contributed by atoms with Crippen molar-refractivity contribution in [1.29, 1.82) is 0 Å². The molecule has 3 heterocycles. The van der Waals surface area contributed by atoms with E-state index >= 15 is 0 Å². The molecular formula is C21H26BrN5O3. The molecule has 0 saturated carbocycles. The molecule has 1 aliphatic rings. The van der Waals surface area contributed by atoms with E-state index in [9.17, 15) is 5.11 Å². The van der Waals surface area contributed by atoms with E-state index in [1.54, 1.807) is 14.2 Å². The molecule has 0 aliphatic carbocycles. The Morgan fingerprint density at radius 2 is 2.07 bits per heavy atom. The number of hydrogen-bond donors (Lipinski definition) is 1. The minimum absolute atomic E-state index is 0.0180. The molecule has 3 aromatic rings. The Bertz CT molecular complexity index is 1050. The summed E-state index contributed by atoms with van der Waals surface area (Å²) in [5, 5.41) is 18.9. The number of methoxy groups -OCH3 is 2. The minimum Gasteiger partial charge on any atom is -0.392 e. The number of ether oxygens (including phenoxy) is 2. The summed E-state index contributed by atoms with van der Waals surface area (Å²) in [6.07, 6.45) is 1.65. The SMILES string of the molecule is COCCC(COC)n1nnc2c(N3CCc4cc(Br)cc(CO)c43)nc(C)cc21. The summed E-state index contributed by atoms with van der Waals surface area (Å²) in [5.41, 5.74) is 5.64. The standard InChI is InChI=1S/C21H26BrN5O3/c1-13-8-18-19(24-25-27(18)17(12-30-3)5-7-29-2)21(23-13)26-6-4-14-9-16(22)10-15(11-28)20(14)26/h8-10,17,28H,4-7,11-12H2,1-3H3. The van der Waals surface area contributed by atoms with Gasteiger partial charge in [-0.2, -0.15) is 0 Å². The monoisotopic (exact) mass is 475 g/mol. The number of nitrogens with zero attached hydrogens (tertiary/aromatic N) is 5. The van der Waals surface area contributed by atoms with Gasteiger partial charge in [0.15, 0.2) is 11.3 Å². The Balaban J connectivity index is 1.82. The Morgan fingerprint density at radius 3 is 2.80 bits per heavy atom. The minimum atomic E-state index is -0.0349. The first-order valence-electron chi connectivity index (χ1n) is 9.97. The van der Waals surface area contributed by atoms with Crippen LogP contribution in [0.3, 0.4) is 0 Å². The Morgan fingerprint density at radius 1 is 1.23 bits per heavy atom. The molecule has 0 amide bonds. The number of aliphatic hydroxyl groups is 1. The molecule has 8 nitrogen and oxygen atoms in total. The Kier molecular flexibility index (Phi) is 6.33. The molecule has 30 heavy (non-hydrogen) atoms. The van der Waals surface area contributed by atoms with E-state index in [2.05, 4.69) is 37.2 Å². The molecule has 0 bridgehead atoms. The number of pyridine rings is 1. The topological polar surface area (TPSA) is 85.5 Å². The molecule has 1 atom stereocenters. The molecule has 0 saturated heterocycles. The van der Waals surface area contributed by atoms with Gasteiger partial charge in [0.25, 0.3) is 0 Å². The Labute approximate surface area is 183 Å². The first-order valence-corrected chi connectivity index (χ1v) is 10.8. The fourth-order valence-electron chi connectivity index (χ4n) is 4.16. The van der Waals surface area contributed by atoms with Crippen LogP contribution in [0.2, 0.25) is 0 Å². The van der Waals surface area contributed by atoms with Crippen molar-refractivity contribution in [1.82, 2.24) is 20.0 Å². The van der Waals surface area contributed by atoms with Crippen LogP contribution in [0.4, 0.5) is 11.5 Å². The van der Waals surface area contributed by atoms with E-state index in [-0.39, 0.29) is 12.6 Å². The molecule has 0 fully saturated rings. The maximum Gasteiger partial charge on any atom is 0.163 e. The number of fused-ring (bicyclic) bond motifs is 2. The van der Waals surface area contributed by atoms with Crippen LogP contribution in [0, 0.1) is 6.92 Å². The molecule has 1 aromatic carbocycles. The number of rotatable bonds is 8. The Hall–Kier alpha value is -2.07. The molecule has 1 N–H and O–H groups in total. The van der Waals surface area contributed by atoms with Gasteiger partial charge in [0, 0.05) is 43.1 Å². The number of hydrogen-bond acceptors (Lipinski definition) is 7. The van der Waals surface area contributed by atoms with Crippen LogP contribution >= 0.6 is 15.9 Å². The summed E-state index contributed by atoms with van der Waals surface area (Å²) in [6.45, 7) is 3.86. The van der Waals surface area contributed by atoms with E-state index in [4.69, 9.17) is 14.5 Å². The van der Waals surface area contributed by atoms with Gasteiger partial charge in [-0.25, -0.2) is 9.67 Å². The van der Waals surface area contributed by atoms with Crippen molar-refractivity contribution in [2.75, 3.05) is 38.9 Å². The van der Waals surface area contributed by atoms with Crippen molar-refractivity contribution < 1.29 is 14.6 Å². The van der Waals surface area contributed by atoms with Crippen molar-refractivity contribution in [3.05, 3.63) is 39.5 Å². The van der Waals surface area contributed by atoms with Crippen LogP contribution in [0.15, 0.2) is 22.7 Å². The summed E-state index contributed by atoms with van der Waals surface area (Å²) in [6, 6.07) is 6.10. The summed E-state index contributed by atoms with van der Waals surface area (Å²) >= 11 is 3.55. The molecule has 1 aliphatic heterocycles.